The Morgan fingerprint density at radius 3 is 2.68 bits per heavy atom. The second kappa shape index (κ2) is 7.32. The van der Waals surface area contributed by atoms with Crippen molar-refractivity contribution >= 4 is 22.5 Å². The molecule has 3 nitrogen and oxygen atoms in total. The van der Waals surface area contributed by atoms with E-state index in [1.165, 1.54) is 0 Å². The second-order valence-electron chi connectivity index (χ2n) is 6.65. The Kier molecular flexibility index (Phi) is 4.85. The molecule has 0 saturated heterocycles. The van der Waals surface area contributed by atoms with E-state index in [4.69, 9.17) is 11.6 Å². The summed E-state index contributed by atoms with van der Waals surface area (Å²) in [5.74, 6) is -1.81. The summed E-state index contributed by atoms with van der Waals surface area (Å²) in [4.78, 5) is 4.32. The van der Waals surface area contributed by atoms with E-state index in [0.29, 0.717) is 22.5 Å². The summed E-state index contributed by atoms with van der Waals surface area (Å²) < 4.78 is 29.5. The van der Waals surface area contributed by atoms with Crippen molar-refractivity contribution in [2.45, 2.75) is 26.8 Å². The van der Waals surface area contributed by atoms with Crippen molar-refractivity contribution in [3.05, 3.63) is 82.1 Å². The average molecular weight is 398 g/mol. The van der Waals surface area contributed by atoms with Crippen LogP contribution in [0.5, 0.6) is 0 Å². The number of benzene rings is 2. The van der Waals surface area contributed by atoms with Crippen molar-refractivity contribution in [1.82, 2.24) is 14.8 Å². The van der Waals surface area contributed by atoms with Gasteiger partial charge < -0.3 is 0 Å². The van der Waals surface area contributed by atoms with Crippen LogP contribution in [0.3, 0.4) is 0 Å². The molecule has 142 valence electrons. The number of halogens is 3. The molecule has 0 N–H and O–H groups in total. The molecule has 4 aromatic rings. The van der Waals surface area contributed by atoms with Crippen LogP contribution < -0.4 is 0 Å². The molecule has 0 unspecified atom stereocenters. The molecule has 0 amide bonds. The maximum absolute atomic E-state index is 14.1. The van der Waals surface area contributed by atoms with E-state index in [1.54, 1.807) is 19.2 Å². The average Bonchev–Trinajstić information content (AvgIpc) is 3.14. The molecule has 0 aliphatic rings. The van der Waals surface area contributed by atoms with E-state index in [2.05, 4.69) is 10.1 Å². The maximum Gasteiger partial charge on any atom is 0.184 e. The van der Waals surface area contributed by atoms with Gasteiger partial charge in [-0.15, -0.1) is 0 Å². The minimum atomic E-state index is -0.914. The smallest absolute Gasteiger partial charge is 0.184 e. The third kappa shape index (κ3) is 3.16. The highest BCUT2D eigenvalue weighted by molar-refractivity contribution is 6.33. The Balaban J connectivity index is 1.83. The number of rotatable bonds is 4. The van der Waals surface area contributed by atoms with Gasteiger partial charge in [0.05, 0.1) is 10.7 Å². The van der Waals surface area contributed by atoms with Crippen molar-refractivity contribution in [2.24, 2.45) is 0 Å². The van der Waals surface area contributed by atoms with Crippen molar-refractivity contribution in [3.8, 4) is 11.3 Å². The standard InChI is InChI=1S/C22H18ClF2N3/c1-3-28-19(9-10-26-28)20-14(5-4-6-17(20)23)11-16-12-15-7-8-18(24)21(25)22(15)27-13(16)2/h4-10,12H,3,11H2,1-2H3. The van der Waals surface area contributed by atoms with Gasteiger partial charge >= 0.3 is 0 Å². The van der Waals surface area contributed by atoms with Crippen LogP contribution in [0.2, 0.25) is 5.02 Å². The van der Waals surface area contributed by atoms with Gasteiger partial charge in [-0.05, 0) is 61.7 Å². The van der Waals surface area contributed by atoms with Crippen molar-refractivity contribution in [3.63, 3.8) is 0 Å². The molecule has 0 bridgehead atoms. The lowest BCUT2D eigenvalue weighted by Gasteiger charge is -2.15. The molecule has 0 radical (unpaired) electrons. The zero-order valence-corrected chi connectivity index (χ0v) is 16.3. The Hall–Kier alpha value is -2.79. The zero-order chi connectivity index (χ0) is 19.8. The lowest BCUT2D eigenvalue weighted by atomic mass is 9.96. The number of aromatic nitrogens is 3. The van der Waals surface area contributed by atoms with Crippen LogP contribution in [-0.4, -0.2) is 14.8 Å². The summed E-state index contributed by atoms with van der Waals surface area (Å²) in [6.07, 6.45) is 2.32. The molecular weight excluding hydrogens is 380 g/mol. The number of nitrogens with zero attached hydrogens (tertiary/aromatic N) is 3. The molecule has 28 heavy (non-hydrogen) atoms. The highest BCUT2D eigenvalue weighted by atomic mass is 35.5. The number of aryl methyl sites for hydroxylation is 2. The molecule has 0 atom stereocenters. The second-order valence-corrected chi connectivity index (χ2v) is 7.06. The number of fused-ring (bicyclic) bond motifs is 1. The molecule has 2 aromatic carbocycles. The first-order chi connectivity index (χ1) is 13.5. The van der Waals surface area contributed by atoms with Crippen LogP contribution in [0.1, 0.15) is 23.7 Å². The highest BCUT2D eigenvalue weighted by Crippen LogP contribution is 2.33. The normalized spacial score (nSPS) is 11.3. The molecule has 2 heterocycles. The van der Waals surface area contributed by atoms with Gasteiger partial charge in [-0.25, -0.2) is 13.8 Å². The van der Waals surface area contributed by atoms with Crippen molar-refractivity contribution in [2.75, 3.05) is 0 Å². The van der Waals surface area contributed by atoms with Crippen LogP contribution in [0.25, 0.3) is 22.2 Å². The minimum absolute atomic E-state index is 0.0524. The topological polar surface area (TPSA) is 30.7 Å². The molecule has 0 fully saturated rings. The lowest BCUT2D eigenvalue weighted by molar-refractivity contribution is 0.515. The quantitative estimate of drug-likeness (QED) is 0.426. The first-order valence-electron chi connectivity index (χ1n) is 9.03. The van der Waals surface area contributed by atoms with Gasteiger partial charge in [0.25, 0.3) is 0 Å². The van der Waals surface area contributed by atoms with Crippen LogP contribution in [0, 0.1) is 18.6 Å². The summed E-state index contributed by atoms with van der Waals surface area (Å²) in [5, 5.41) is 5.56. The highest BCUT2D eigenvalue weighted by Gasteiger charge is 2.16. The van der Waals surface area contributed by atoms with E-state index in [0.717, 1.165) is 35.0 Å². The maximum atomic E-state index is 14.1. The molecular formula is C22H18ClF2N3. The lowest BCUT2D eigenvalue weighted by Crippen LogP contribution is -2.03. The predicted molar refractivity (Wildman–Crippen MR) is 108 cm³/mol. The minimum Gasteiger partial charge on any atom is -0.265 e. The summed E-state index contributed by atoms with van der Waals surface area (Å²) in [6.45, 7) is 4.56. The number of pyridine rings is 1. The van der Waals surface area contributed by atoms with E-state index < -0.39 is 11.6 Å². The van der Waals surface area contributed by atoms with E-state index in [9.17, 15) is 8.78 Å². The van der Waals surface area contributed by atoms with Gasteiger partial charge in [0.2, 0.25) is 0 Å². The molecule has 4 rings (SSSR count). The SMILES string of the molecule is CCn1nccc1-c1c(Cl)cccc1Cc1cc2ccc(F)c(F)c2nc1C. The third-order valence-corrected chi connectivity index (χ3v) is 5.24. The first kappa shape index (κ1) is 18.6. The van der Waals surface area contributed by atoms with Gasteiger partial charge in [-0.3, -0.25) is 4.68 Å². The van der Waals surface area contributed by atoms with Crippen molar-refractivity contribution in [1.29, 1.82) is 0 Å². The van der Waals surface area contributed by atoms with Crippen molar-refractivity contribution < 1.29 is 8.78 Å². The van der Waals surface area contributed by atoms with Gasteiger partial charge in [-0.2, -0.15) is 5.10 Å². The van der Waals surface area contributed by atoms with E-state index in [1.807, 2.05) is 41.9 Å². The molecule has 0 aliphatic heterocycles. The fraction of sp³-hybridized carbons (Fsp3) is 0.182. The molecule has 0 aliphatic carbocycles. The van der Waals surface area contributed by atoms with Crippen LogP contribution >= 0.6 is 11.6 Å². The zero-order valence-electron chi connectivity index (χ0n) is 15.5. The molecule has 6 heteroatoms. The first-order valence-corrected chi connectivity index (χ1v) is 9.41. The van der Waals surface area contributed by atoms with E-state index >= 15 is 0 Å². The van der Waals surface area contributed by atoms with Crippen LogP contribution in [0.4, 0.5) is 8.78 Å². The van der Waals surface area contributed by atoms with Gasteiger partial charge in [0.1, 0.15) is 5.52 Å². The summed E-state index contributed by atoms with van der Waals surface area (Å²) >= 11 is 6.54. The summed E-state index contributed by atoms with van der Waals surface area (Å²) in [7, 11) is 0. The largest absolute Gasteiger partial charge is 0.265 e. The van der Waals surface area contributed by atoms with Crippen LogP contribution in [0.15, 0.2) is 48.7 Å². The Bertz CT molecular complexity index is 1180. The molecule has 0 saturated carbocycles. The summed E-state index contributed by atoms with van der Waals surface area (Å²) in [5.41, 5.74) is 4.54. The molecule has 0 spiro atoms. The van der Waals surface area contributed by atoms with E-state index in [-0.39, 0.29) is 5.52 Å². The fourth-order valence-electron chi connectivity index (χ4n) is 3.50. The number of hydrogen-bond donors (Lipinski definition) is 0. The third-order valence-electron chi connectivity index (χ3n) is 4.93. The van der Waals surface area contributed by atoms with Crippen LogP contribution in [-0.2, 0) is 13.0 Å². The fourth-order valence-corrected chi connectivity index (χ4v) is 3.79. The predicted octanol–water partition coefficient (Wildman–Crippen LogP) is 5.95. The van der Waals surface area contributed by atoms with Gasteiger partial charge in [0.15, 0.2) is 11.6 Å². The Labute approximate surface area is 166 Å². The van der Waals surface area contributed by atoms with Gasteiger partial charge in [-0.1, -0.05) is 23.7 Å². The monoisotopic (exact) mass is 397 g/mol. The summed E-state index contributed by atoms with van der Waals surface area (Å²) in [6, 6.07) is 12.3. The van der Waals surface area contributed by atoms with Gasteiger partial charge in [0, 0.05) is 29.4 Å². The number of hydrogen-bond acceptors (Lipinski definition) is 2. The Morgan fingerprint density at radius 1 is 1.07 bits per heavy atom. The molecule has 2 aromatic heterocycles. The Morgan fingerprint density at radius 2 is 1.89 bits per heavy atom.